The predicted molar refractivity (Wildman–Crippen MR) is 81.8 cm³/mol. The highest BCUT2D eigenvalue weighted by atomic mass is 32.2. The van der Waals surface area contributed by atoms with Crippen molar-refractivity contribution in [3.63, 3.8) is 0 Å². The normalized spacial score (nSPS) is 18.9. The Bertz CT molecular complexity index is 764. The highest BCUT2D eigenvalue weighted by molar-refractivity contribution is 8.18. The molecule has 1 aromatic heterocycles. The minimum absolute atomic E-state index is 0.0412. The van der Waals surface area contributed by atoms with Gasteiger partial charge in [-0.05, 0) is 35.5 Å². The molecule has 0 bridgehead atoms. The van der Waals surface area contributed by atoms with Crippen LogP contribution in [0.15, 0.2) is 32.5 Å². The Kier molecular flexibility index (Phi) is 3.76. The second-order valence-electron chi connectivity index (χ2n) is 4.44. The number of fused-ring (bicyclic) bond motifs is 1. The molecule has 1 saturated heterocycles. The van der Waals surface area contributed by atoms with E-state index in [1.807, 2.05) is 18.2 Å². The number of amidine groups is 1. The average Bonchev–Trinajstić information content (AvgIpc) is 2.98. The highest BCUT2D eigenvalue weighted by Crippen LogP contribution is 2.27. The quantitative estimate of drug-likeness (QED) is 0.842. The summed E-state index contributed by atoms with van der Waals surface area (Å²) in [7, 11) is 0. The number of aryl methyl sites for hydroxylation is 1. The fourth-order valence-electron chi connectivity index (χ4n) is 1.95. The second-order valence-corrected chi connectivity index (χ2v) is 5.47. The number of carbonyl (C=O) groups is 1. The molecule has 7 heteroatoms. The van der Waals surface area contributed by atoms with Gasteiger partial charge in [0, 0.05) is 6.92 Å². The number of aliphatic hydroxyl groups excluding tert-OH is 1. The van der Waals surface area contributed by atoms with Gasteiger partial charge in [-0.1, -0.05) is 6.07 Å². The third-order valence-corrected chi connectivity index (χ3v) is 3.77. The third kappa shape index (κ3) is 2.98. The van der Waals surface area contributed by atoms with Gasteiger partial charge in [0.15, 0.2) is 16.6 Å². The Morgan fingerprint density at radius 2 is 2.38 bits per heavy atom. The molecule has 1 aromatic carbocycles. The van der Waals surface area contributed by atoms with Crippen molar-refractivity contribution in [2.24, 2.45) is 4.99 Å². The first-order valence-electron chi connectivity index (χ1n) is 6.39. The van der Waals surface area contributed by atoms with Gasteiger partial charge in [-0.2, -0.15) is 0 Å². The summed E-state index contributed by atoms with van der Waals surface area (Å²) in [5.41, 5.74) is 2.35. The minimum Gasteiger partial charge on any atom is -0.441 e. The highest BCUT2D eigenvalue weighted by Gasteiger charge is 2.23. The number of carbonyl (C=O) groups excluding carboxylic acids is 1. The van der Waals surface area contributed by atoms with Crippen LogP contribution >= 0.6 is 11.8 Å². The van der Waals surface area contributed by atoms with Crippen molar-refractivity contribution in [2.45, 2.75) is 6.92 Å². The maximum Gasteiger partial charge on any atom is 0.264 e. The van der Waals surface area contributed by atoms with E-state index in [1.54, 1.807) is 13.0 Å². The van der Waals surface area contributed by atoms with E-state index in [2.05, 4.69) is 15.3 Å². The van der Waals surface area contributed by atoms with Crippen LogP contribution in [0.3, 0.4) is 0 Å². The van der Waals surface area contributed by atoms with E-state index in [4.69, 9.17) is 9.52 Å². The number of aliphatic imine (C=N–C) groups is 1. The zero-order chi connectivity index (χ0) is 14.8. The molecule has 1 aliphatic heterocycles. The Morgan fingerprint density at radius 3 is 3.19 bits per heavy atom. The van der Waals surface area contributed by atoms with Crippen molar-refractivity contribution >= 4 is 40.0 Å². The Morgan fingerprint density at radius 1 is 1.52 bits per heavy atom. The third-order valence-electron chi connectivity index (χ3n) is 2.82. The number of nitrogens with one attached hydrogen (secondary N) is 1. The number of hydrogen-bond donors (Lipinski definition) is 2. The maximum atomic E-state index is 11.8. The van der Waals surface area contributed by atoms with Crippen LogP contribution in [-0.4, -0.2) is 34.3 Å². The first kappa shape index (κ1) is 13.8. The van der Waals surface area contributed by atoms with Gasteiger partial charge in [-0.3, -0.25) is 9.79 Å². The molecule has 1 fully saturated rings. The summed E-state index contributed by atoms with van der Waals surface area (Å²) in [5.74, 6) is 0.423. The van der Waals surface area contributed by atoms with Gasteiger partial charge in [0.25, 0.3) is 5.91 Å². The Hall–Kier alpha value is -2.12. The molecule has 2 aromatic rings. The van der Waals surface area contributed by atoms with Crippen molar-refractivity contribution in [3.8, 4) is 0 Å². The zero-order valence-electron chi connectivity index (χ0n) is 11.3. The van der Waals surface area contributed by atoms with Gasteiger partial charge in [-0.15, -0.1) is 0 Å². The summed E-state index contributed by atoms with van der Waals surface area (Å²) in [4.78, 5) is 20.7. The van der Waals surface area contributed by atoms with Gasteiger partial charge in [0.05, 0.1) is 18.1 Å². The topological polar surface area (TPSA) is 87.7 Å². The number of amides is 1. The molecule has 2 heterocycles. The number of benzene rings is 1. The number of aliphatic hydroxyl groups is 1. The SMILES string of the molecule is Cc1nc2ccc(C=C3SC(=NCCO)NC3=O)cc2o1. The van der Waals surface area contributed by atoms with E-state index in [9.17, 15) is 4.79 Å². The summed E-state index contributed by atoms with van der Waals surface area (Å²) in [6.45, 7) is 2.03. The van der Waals surface area contributed by atoms with Crippen LogP contribution in [0.4, 0.5) is 0 Å². The number of thioether (sulfide) groups is 1. The molecule has 108 valence electrons. The Balaban J connectivity index is 1.87. The van der Waals surface area contributed by atoms with Crippen molar-refractivity contribution in [1.82, 2.24) is 10.3 Å². The van der Waals surface area contributed by atoms with Crippen molar-refractivity contribution in [3.05, 3.63) is 34.6 Å². The monoisotopic (exact) mass is 303 g/mol. The lowest BCUT2D eigenvalue weighted by Crippen LogP contribution is -2.20. The summed E-state index contributed by atoms with van der Waals surface area (Å²) >= 11 is 1.26. The first-order chi connectivity index (χ1) is 10.2. The summed E-state index contributed by atoms with van der Waals surface area (Å²) in [5, 5.41) is 11.9. The molecular formula is C14H13N3O3S. The van der Waals surface area contributed by atoms with Gasteiger partial charge >= 0.3 is 0 Å². The molecule has 0 radical (unpaired) electrons. The summed E-state index contributed by atoms with van der Waals surface area (Å²) in [6, 6.07) is 5.59. The largest absolute Gasteiger partial charge is 0.441 e. The predicted octanol–water partition coefficient (Wildman–Crippen LogP) is 1.69. The van der Waals surface area contributed by atoms with E-state index in [0.717, 1.165) is 11.1 Å². The molecule has 2 N–H and O–H groups in total. The van der Waals surface area contributed by atoms with Crippen molar-refractivity contribution in [2.75, 3.05) is 13.2 Å². The zero-order valence-corrected chi connectivity index (χ0v) is 12.1. The van der Waals surface area contributed by atoms with Crippen LogP contribution in [0.25, 0.3) is 17.2 Å². The molecule has 1 aliphatic rings. The van der Waals surface area contributed by atoms with Gasteiger partial charge < -0.3 is 14.8 Å². The number of hydrogen-bond acceptors (Lipinski definition) is 6. The molecule has 0 aliphatic carbocycles. The standard InChI is InChI=1S/C14H13N3O3S/c1-8-16-10-3-2-9(6-11(10)20-8)7-12-13(19)17-14(21-12)15-4-5-18/h2-3,6-7,18H,4-5H2,1H3,(H,15,17,19). The number of oxazole rings is 1. The molecule has 0 saturated carbocycles. The molecule has 3 rings (SSSR count). The van der Waals surface area contributed by atoms with Crippen LogP contribution in [0.2, 0.25) is 0 Å². The first-order valence-corrected chi connectivity index (χ1v) is 7.21. The fraction of sp³-hybridized carbons (Fsp3) is 0.214. The fourth-order valence-corrected chi connectivity index (χ4v) is 2.80. The van der Waals surface area contributed by atoms with Gasteiger partial charge in [-0.25, -0.2) is 4.98 Å². The minimum atomic E-state index is -0.189. The molecule has 0 unspecified atom stereocenters. The van der Waals surface area contributed by atoms with Crippen LogP contribution < -0.4 is 5.32 Å². The average molecular weight is 303 g/mol. The molecule has 0 atom stereocenters. The lowest BCUT2D eigenvalue weighted by atomic mass is 10.2. The smallest absolute Gasteiger partial charge is 0.264 e. The maximum absolute atomic E-state index is 11.8. The van der Waals surface area contributed by atoms with Gasteiger partial charge in [0.2, 0.25) is 0 Å². The van der Waals surface area contributed by atoms with E-state index in [-0.39, 0.29) is 19.1 Å². The van der Waals surface area contributed by atoms with Crippen molar-refractivity contribution < 1.29 is 14.3 Å². The molecule has 0 spiro atoms. The number of nitrogens with zero attached hydrogens (tertiary/aromatic N) is 2. The lowest BCUT2D eigenvalue weighted by molar-refractivity contribution is -0.115. The molecule has 21 heavy (non-hydrogen) atoms. The lowest BCUT2D eigenvalue weighted by Gasteiger charge is -1.94. The van der Waals surface area contributed by atoms with Crippen LogP contribution in [-0.2, 0) is 4.79 Å². The Labute approximate surface area is 125 Å². The van der Waals surface area contributed by atoms with E-state index < -0.39 is 0 Å². The summed E-state index contributed by atoms with van der Waals surface area (Å²) < 4.78 is 5.47. The second kappa shape index (κ2) is 5.71. The van der Waals surface area contributed by atoms with Crippen LogP contribution in [0.5, 0.6) is 0 Å². The van der Waals surface area contributed by atoms with Crippen molar-refractivity contribution in [1.29, 1.82) is 0 Å². The van der Waals surface area contributed by atoms with E-state index >= 15 is 0 Å². The number of aromatic nitrogens is 1. The number of rotatable bonds is 3. The van der Waals surface area contributed by atoms with Gasteiger partial charge in [0.1, 0.15) is 5.52 Å². The summed E-state index contributed by atoms with van der Waals surface area (Å²) in [6.07, 6.45) is 1.78. The van der Waals surface area contributed by atoms with E-state index in [1.165, 1.54) is 11.8 Å². The molecule has 1 amide bonds. The molecule has 6 nitrogen and oxygen atoms in total. The van der Waals surface area contributed by atoms with Crippen LogP contribution in [0.1, 0.15) is 11.5 Å². The van der Waals surface area contributed by atoms with E-state index in [0.29, 0.717) is 21.5 Å². The van der Waals surface area contributed by atoms with Crippen LogP contribution in [0, 0.1) is 6.92 Å². The molecular weight excluding hydrogens is 290 g/mol.